The third kappa shape index (κ3) is 1.99. The number of nitrogens with zero attached hydrogens (tertiary/aromatic N) is 2. The van der Waals surface area contributed by atoms with E-state index >= 15 is 0 Å². The molecule has 94 valence electrons. The quantitative estimate of drug-likeness (QED) is 0.870. The van der Waals surface area contributed by atoms with Crippen LogP contribution in [0.4, 0.5) is 0 Å². The third-order valence-corrected chi connectivity index (χ3v) is 3.56. The van der Waals surface area contributed by atoms with Crippen molar-refractivity contribution in [3.8, 4) is 0 Å². The number of carbonyl (C=O) groups excluding carboxylic acids is 1. The van der Waals surface area contributed by atoms with Gasteiger partial charge in [0.05, 0.1) is 6.67 Å². The number of hydrogen-bond donors (Lipinski definition) is 1. The van der Waals surface area contributed by atoms with E-state index in [-0.39, 0.29) is 11.9 Å². The van der Waals surface area contributed by atoms with Gasteiger partial charge in [-0.15, -0.1) is 0 Å². The van der Waals surface area contributed by atoms with E-state index in [2.05, 4.69) is 22.8 Å². The van der Waals surface area contributed by atoms with Gasteiger partial charge in [0.2, 0.25) is 5.91 Å². The second-order valence-electron chi connectivity index (χ2n) is 4.90. The normalized spacial score (nSPS) is 20.6. The van der Waals surface area contributed by atoms with Crippen LogP contribution in [0.1, 0.15) is 12.8 Å². The molecule has 3 rings (SSSR count). The summed E-state index contributed by atoms with van der Waals surface area (Å²) in [6, 6.07) is 10.3. The number of rotatable bonds is 2. The highest BCUT2D eigenvalue weighted by Crippen LogP contribution is 2.17. The number of benzene rings is 1. The minimum Gasteiger partial charge on any atom is -0.329 e. The highest BCUT2D eigenvalue weighted by molar-refractivity contribution is 5.80. The molecule has 4 nitrogen and oxygen atoms in total. The van der Waals surface area contributed by atoms with E-state index in [1.165, 1.54) is 10.9 Å². The Hall–Kier alpha value is -1.81. The summed E-state index contributed by atoms with van der Waals surface area (Å²) >= 11 is 0. The molecule has 1 aliphatic rings. The lowest BCUT2D eigenvalue weighted by atomic mass is 10.1. The van der Waals surface area contributed by atoms with Crippen LogP contribution >= 0.6 is 0 Å². The zero-order valence-corrected chi connectivity index (χ0v) is 10.2. The van der Waals surface area contributed by atoms with E-state index in [1.54, 1.807) is 0 Å². The summed E-state index contributed by atoms with van der Waals surface area (Å²) in [5, 5.41) is 1.21. The summed E-state index contributed by atoms with van der Waals surface area (Å²) in [6.07, 6.45) is 3.40. The molecule has 0 saturated carbocycles. The second kappa shape index (κ2) is 4.46. The van der Waals surface area contributed by atoms with Gasteiger partial charge in [-0.2, -0.15) is 0 Å². The molecule has 0 aliphatic carbocycles. The average molecular weight is 243 g/mol. The number of carbonyl (C=O) groups is 1. The van der Waals surface area contributed by atoms with Gasteiger partial charge in [0.25, 0.3) is 0 Å². The van der Waals surface area contributed by atoms with E-state index in [1.807, 2.05) is 23.2 Å². The van der Waals surface area contributed by atoms with Crippen molar-refractivity contribution in [1.82, 2.24) is 9.47 Å². The van der Waals surface area contributed by atoms with Crippen molar-refractivity contribution in [2.45, 2.75) is 25.6 Å². The van der Waals surface area contributed by atoms with Crippen LogP contribution in [0, 0.1) is 0 Å². The van der Waals surface area contributed by atoms with E-state index < -0.39 is 0 Å². The first kappa shape index (κ1) is 11.3. The highest BCUT2D eigenvalue weighted by atomic mass is 16.2. The van der Waals surface area contributed by atoms with Crippen LogP contribution in [0.5, 0.6) is 0 Å². The fraction of sp³-hybridized carbons (Fsp3) is 0.357. The summed E-state index contributed by atoms with van der Waals surface area (Å²) in [5.41, 5.74) is 6.96. The Labute approximate surface area is 106 Å². The Balaban J connectivity index is 1.82. The first-order valence-corrected chi connectivity index (χ1v) is 6.31. The molecule has 1 unspecified atom stereocenters. The number of likely N-dealkylation sites (tertiary alicyclic amines) is 1. The van der Waals surface area contributed by atoms with Crippen molar-refractivity contribution < 1.29 is 4.79 Å². The average Bonchev–Trinajstić information content (AvgIpc) is 2.76. The lowest BCUT2D eigenvalue weighted by Crippen LogP contribution is -2.44. The molecule has 2 heterocycles. The Kier molecular flexibility index (Phi) is 2.80. The number of nitrogens with two attached hydrogens (primary N) is 1. The molecule has 2 aromatic rings. The SMILES string of the molecule is NC1CCN(Cn2ccc3ccccc32)C(=O)C1. The summed E-state index contributed by atoms with van der Waals surface area (Å²) in [5.74, 6) is 0.159. The Morgan fingerprint density at radius 3 is 2.94 bits per heavy atom. The lowest BCUT2D eigenvalue weighted by Gasteiger charge is -2.30. The predicted molar refractivity (Wildman–Crippen MR) is 70.9 cm³/mol. The molecule has 1 aromatic carbocycles. The molecule has 18 heavy (non-hydrogen) atoms. The zero-order chi connectivity index (χ0) is 12.5. The van der Waals surface area contributed by atoms with Gasteiger partial charge < -0.3 is 15.2 Å². The van der Waals surface area contributed by atoms with Gasteiger partial charge >= 0.3 is 0 Å². The molecule has 0 radical (unpaired) electrons. The maximum absolute atomic E-state index is 11.9. The molecular formula is C14H17N3O. The minimum atomic E-state index is 0.0372. The number of para-hydroxylation sites is 1. The monoisotopic (exact) mass is 243 g/mol. The van der Waals surface area contributed by atoms with E-state index in [4.69, 9.17) is 5.73 Å². The maximum atomic E-state index is 11.9. The molecule has 0 bridgehead atoms. The van der Waals surface area contributed by atoms with Crippen LogP contribution in [-0.4, -0.2) is 28.0 Å². The van der Waals surface area contributed by atoms with Crippen molar-refractivity contribution in [3.63, 3.8) is 0 Å². The first-order valence-electron chi connectivity index (χ1n) is 6.31. The van der Waals surface area contributed by atoms with Crippen LogP contribution in [0.25, 0.3) is 10.9 Å². The van der Waals surface area contributed by atoms with Gasteiger partial charge in [-0.1, -0.05) is 18.2 Å². The molecule has 1 aliphatic heterocycles. The van der Waals surface area contributed by atoms with E-state index in [9.17, 15) is 4.79 Å². The Morgan fingerprint density at radius 1 is 1.28 bits per heavy atom. The molecule has 1 aromatic heterocycles. The lowest BCUT2D eigenvalue weighted by molar-refractivity contribution is -0.135. The van der Waals surface area contributed by atoms with Crippen LogP contribution < -0.4 is 5.73 Å². The van der Waals surface area contributed by atoms with Gasteiger partial charge in [0.15, 0.2) is 0 Å². The number of amides is 1. The smallest absolute Gasteiger partial charge is 0.225 e. The van der Waals surface area contributed by atoms with Gasteiger partial charge in [0.1, 0.15) is 0 Å². The summed E-state index contributed by atoms with van der Waals surface area (Å²) < 4.78 is 2.12. The number of aromatic nitrogens is 1. The summed E-state index contributed by atoms with van der Waals surface area (Å²) in [6.45, 7) is 1.38. The molecule has 1 fully saturated rings. The van der Waals surface area contributed by atoms with Crippen molar-refractivity contribution in [2.24, 2.45) is 5.73 Å². The summed E-state index contributed by atoms with van der Waals surface area (Å²) in [4.78, 5) is 13.8. The van der Waals surface area contributed by atoms with Crippen LogP contribution in [0.15, 0.2) is 36.5 Å². The van der Waals surface area contributed by atoms with Gasteiger partial charge in [-0.05, 0) is 23.9 Å². The van der Waals surface area contributed by atoms with Gasteiger partial charge in [0, 0.05) is 30.7 Å². The largest absolute Gasteiger partial charge is 0.329 e. The van der Waals surface area contributed by atoms with Crippen molar-refractivity contribution in [1.29, 1.82) is 0 Å². The number of hydrogen-bond acceptors (Lipinski definition) is 2. The molecule has 1 amide bonds. The topological polar surface area (TPSA) is 51.3 Å². The maximum Gasteiger partial charge on any atom is 0.225 e. The molecule has 1 atom stereocenters. The molecule has 1 saturated heterocycles. The number of piperidine rings is 1. The second-order valence-corrected chi connectivity index (χ2v) is 4.90. The fourth-order valence-electron chi connectivity index (χ4n) is 2.50. The van der Waals surface area contributed by atoms with Crippen LogP contribution in [-0.2, 0) is 11.5 Å². The first-order chi connectivity index (χ1) is 8.74. The van der Waals surface area contributed by atoms with Crippen LogP contribution in [0.3, 0.4) is 0 Å². The van der Waals surface area contributed by atoms with Crippen molar-refractivity contribution in [2.75, 3.05) is 6.54 Å². The van der Waals surface area contributed by atoms with E-state index in [0.717, 1.165) is 13.0 Å². The van der Waals surface area contributed by atoms with E-state index in [0.29, 0.717) is 13.1 Å². The standard InChI is InChI=1S/C14H17N3O/c15-12-6-8-17(14(18)9-12)10-16-7-5-11-3-1-2-4-13(11)16/h1-5,7,12H,6,8-10,15H2. The fourth-order valence-corrected chi connectivity index (χ4v) is 2.50. The molecule has 0 spiro atoms. The minimum absolute atomic E-state index is 0.0372. The zero-order valence-electron chi connectivity index (χ0n) is 10.2. The molecule has 2 N–H and O–H groups in total. The highest BCUT2D eigenvalue weighted by Gasteiger charge is 2.23. The predicted octanol–water partition coefficient (Wildman–Crippen LogP) is 1.55. The number of fused-ring (bicyclic) bond motifs is 1. The molecule has 4 heteroatoms. The summed E-state index contributed by atoms with van der Waals surface area (Å²) in [7, 11) is 0. The van der Waals surface area contributed by atoms with Crippen LogP contribution in [0.2, 0.25) is 0 Å². The Bertz CT molecular complexity index is 575. The van der Waals surface area contributed by atoms with Crippen molar-refractivity contribution in [3.05, 3.63) is 36.5 Å². The van der Waals surface area contributed by atoms with Gasteiger partial charge in [-0.25, -0.2) is 0 Å². The van der Waals surface area contributed by atoms with Gasteiger partial charge in [-0.3, -0.25) is 4.79 Å². The van der Waals surface area contributed by atoms with Crippen molar-refractivity contribution >= 4 is 16.8 Å². The molecular weight excluding hydrogens is 226 g/mol. The Morgan fingerprint density at radius 2 is 2.11 bits per heavy atom. The third-order valence-electron chi connectivity index (χ3n) is 3.56.